The molecule has 0 saturated heterocycles. The average molecular weight is 307 g/mol. The first kappa shape index (κ1) is 14.6. The molecule has 0 amide bonds. The Morgan fingerprint density at radius 3 is 2.81 bits per heavy atom. The number of hydrogen-bond acceptors (Lipinski definition) is 6. The number of nitrogens with zero attached hydrogens (tertiary/aromatic N) is 3. The van der Waals surface area contributed by atoms with Gasteiger partial charge < -0.3 is 10.4 Å². The first-order chi connectivity index (χ1) is 10.2. The molecule has 1 unspecified atom stereocenters. The number of aromatic nitrogens is 4. The lowest BCUT2D eigenvalue weighted by Gasteiger charge is -2.12. The molecule has 0 bridgehead atoms. The zero-order chi connectivity index (χ0) is 14.8. The molecular formula is C14H21N5OS. The summed E-state index contributed by atoms with van der Waals surface area (Å²) >= 11 is 1.50. The van der Waals surface area contributed by atoms with Crippen molar-refractivity contribution in [3.63, 3.8) is 0 Å². The van der Waals surface area contributed by atoms with Gasteiger partial charge in [0.15, 0.2) is 10.8 Å². The Morgan fingerprint density at radius 1 is 1.38 bits per heavy atom. The number of hydrogen-bond donors (Lipinski definition) is 3. The SMILES string of the molecule is CSc1nc(NCC(C)O)c2c(C3CCCC3)n[nH]c2n1. The summed E-state index contributed by atoms with van der Waals surface area (Å²) in [4.78, 5) is 9.07. The Balaban J connectivity index is 2.04. The van der Waals surface area contributed by atoms with E-state index in [9.17, 15) is 5.11 Å². The van der Waals surface area contributed by atoms with Crippen molar-refractivity contribution >= 4 is 28.6 Å². The minimum absolute atomic E-state index is 0.422. The molecule has 1 aliphatic carbocycles. The maximum absolute atomic E-state index is 9.51. The van der Waals surface area contributed by atoms with E-state index >= 15 is 0 Å². The molecule has 1 saturated carbocycles. The summed E-state index contributed by atoms with van der Waals surface area (Å²) in [7, 11) is 0. The number of rotatable bonds is 5. The van der Waals surface area contributed by atoms with Crippen LogP contribution in [0.1, 0.15) is 44.2 Å². The summed E-state index contributed by atoms with van der Waals surface area (Å²) in [6.07, 6.45) is 6.42. The molecule has 0 radical (unpaired) electrons. The zero-order valence-electron chi connectivity index (χ0n) is 12.4. The van der Waals surface area contributed by atoms with E-state index in [-0.39, 0.29) is 0 Å². The number of nitrogens with one attached hydrogen (secondary N) is 2. The van der Waals surface area contributed by atoms with Crippen molar-refractivity contribution in [1.82, 2.24) is 20.2 Å². The second-order valence-electron chi connectivity index (χ2n) is 5.60. The Bertz CT molecular complexity index is 621. The van der Waals surface area contributed by atoms with Gasteiger partial charge in [0.05, 0.1) is 17.2 Å². The normalized spacial score (nSPS) is 17.5. The summed E-state index contributed by atoms with van der Waals surface area (Å²) < 4.78 is 0. The summed E-state index contributed by atoms with van der Waals surface area (Å²) in [5.41, 5.74) is 1.85. The number of anilines is 1. The molecule has 1 fully saturated rings. The van der Waals surface area contributed by atoms with Gasteiger partial charge in [0.25, 0.3) is 0 Å². The minimum Gasteiger partial charge on any atom is -0.392 e. The van der Waals surface area contributed by atoms with Gasteiger partial charge in [-0.3, -0.25) is 5.10 Å². The summed E-state index contributed by atoms with van der Waals surface area (Å²) in [5.74, 6) is 1.27. The molecule has 0 spiro atoms. The number of fused-ring (bicyclic) bond motifs is 1. The van der Waals surface area contributed by atoms with Crippen LogP contribution < -0.4 is 5.32 Å². The fourth-order valence-corrected chi connectivity index (χ4v) is 3.26. The topological polar surface area (TPSA) is 86.7 Å². The molecule has 3 rings (SSSR count). The molecule has 2 aromatic rings. The number of aliphatic hydroxyl groups is 1. The smallest absolute Gasteiger partial charge is 0.191 e. The fraction of sp³-hybridized carbons (Fsp3) is 0.643. The number of H-pyrrole nitrogens is 1. The molecule has 2 heterocycles. The highest BCUT2D eigenvalue weighted by Gasteiger charge is 2.25. The predicted octanol–water partition coefficient (Wildman–Crippen LogP) is 2.53. The van der Waals surface area contributed by atoms with Crippen molar-refractivity contribution in [1.29, 1.82) is 0 Å². The molecule has 0 aromatic carbocycles. The standard InChI is InChI=1S/C14H21N5OS/c1-8(20)7-15-12-10-11(9-5-3-4-6-9)18-19-13(10)17-14(16-12)21-2/h8-9,20H,3-7H2,1-2H3,(H2,15,16,17,18,19). The molecule has 3 N–H and O–H groups in total. The van der Waals surface area contributed by atoms with Crippen LogP contribution in [-0.4, -0.2) is 44.2 Å². The van der Waals surface area contributed by atoms with Gasteiger partial charge in [0.2, 0.25) is 0 Å². The van der Waals surface area contributed by atoms with Gasteiger partial charge in [-0.15, -0.1) is 0 Å². The van der Waals surface area contributed by atoms with Gasteiger partial charge in [0.1, 0.15) is 5.82 Å². The van der Waals surface area contributed by atoms with Gasteiger partial charge in [-0.25, -0.2) is 9.97 Å². The number of thioether (sulfide) groups is 1. The lowest BCUT2D eigenvalue weighted by molar-refractivity contribution is 0.208. The third-order valence-electron chi connectivity index (χ3n) is 3.92. The van der Waals surface area contributed by atoms with E-state index in [1.807, 2.05) is 6.26 Å². The monoisotopic (exact) mass is 307 g/mol. The predicted molar refractivity (Wildman–Crippen MR) is 84.8 cm³/mol. The van der Waals surface area contributed by atoms with Crippen LogP contribution in [0.5, 0.6) is 0 Å². The molecule has 1 atom stereocenters. The first-order valence-corrected chi connectivity index (χ1v) is 8.63. The molecule has 7 heteroatoms. The van der Waals surface area contributed by atoms with Crippen LogP contribution in [0.15, 0.2) is 5.16 Å². The van der Waals surface area contributed by atoms with Gasteiger partial charge in [-0.05, 0) is 26.0 Å². The van der Waals surface area contributed by atoms with Crippen molar-refractivity contribution in [3.8, 4) is 0 Å². The van der Waals surface area contributed by atoms with Crippen molar-refractivity contribution in [2.24, 2.45) is 0 Å². The highest BCUT2D eigenvalue weighted by atomic mass is 32.2. The zero-order valence-corrected chi connectivity index (χ0v) is 13.2. The fourth-order valence-electron chi connectivity index (χ4n) is 2.89. The largest absolute Gasteiger partial charge is 0.392 e. The third kappa shape index (κ3) is 2.98. The van der Waals surface area contributed by atoms with E-state index in [0.717, 1.165) is 22.5 Å². The second-order valence-corrected chi connectivity index (χ2v) is 6.38. The van der Waals surface area contributed by atoms with Gasteiger partial charge in [0, 0.05) is 12.5 Å². The van der Waals surface area contributed by atoms with Crippen molar-refractivity contribution in [2.75, 3.05) is 18.1 Å². The maximum Gasteiger partial charge on any atom is 0.191 e. The van der Waals surface area contributed by atoms with E-state index in [1.165, 1.54) is 37.4 Å². The Hall–Kier alpha value is -1.34. The molecular weight excluding hydrogens is 286 g/mol. The summed E-state index contributed by atoms with van der Waals surface area (Å²) in [5, 5.41) is 22.0. The second kappa shape index (κ2) is 6.19. The lowest BCUT2D eigenvalue weighted by atomic mass is 10.0. The highest BCUT2D eigenvalue weighted by molar-refractivity contribution is 7.98. The minimum atomic E-state index is -0.422. The van der Waals surface area contributed by atoms with Gasteiger partial charge in [-0.1, -0.05) is 24.6 Å². The van der Waals surface area contributed by atoms with Crippen LogP contribution in [0.25, 0.3) is 11.0 Å². The Morgan fingerprint density at radius 2 is 2.14 bits per heavy atom. The Kier molecular flexibility index (Phi) is 4.30. The van der Waals surface area contributed by atoms with Crippen LogP contribution in [0.4, 0.5) is 5.82 Å². The van der Waals surface area contributed by atoms with E-state index < -0.39 is 6.10 Å². The van der Waals surface area contributed by atoms with Gasteiger partial charge in [-0.2, -0.15) is 5.10 Å². The Labute approximate surface area is 128 Å². The molecule has 0 aliphatic heterocycles. The van der Waals surface area contributed by atoms with Crippen LogP contribution in [0.3, 0.4) is 0 Å². The molecule has 21 heavy (non-hydrogen) atoms. The van der Waals surface area contributed by atoms with E-state index in [1.54, 1.807) is 6.92 Å². The number of aliphatic hydroxyl groups excluding tert-OH is 1. The maximum atomic E-state index is 9.51. The van der Waals surface area contributed by atoms with Crippen LogP contribution >= 0.6 is 11.8 Å². The highest BCUT2D eigenvalue weighted by Crippen LogP contribution is 2.38. The first-order valence-electron chi connectivity index (χ1n) is 7.41. The van der Waals surface area contributed by atoms with Crippen LogP contribution in [0, 0.1) is 0 Å². The van der Waals surface area contributed by atoms with Gasteiger partial charge >= 0.3 is 0 Å². The van der Waals surface area contributed by atoms with E-state index in [2.05, 4.69) is 25.5 Å². The summed E-state index contributed by atoms with van der Waals surface area (Å²) in [6.45, 7) is 2.23. The van der Waals surface area contributed by atoms with Crippen molar-refractivity contribution < 1.29 is 5.11 Å². The van der Waals surface area contributed by atoms with Crippen LogP contribution in [-0.2, 0) is 0 Å². The summed E-state index contributed by atoms with van der Waals surface area (Å²) in [6, 6.07) is 0. The average Bonchev–Trinajstić information content (AvgIpc) is 3.12. The quantitative estimate of drug-likeness (QED) is 0.581. The van der Waals surface area contributed by atoms with Crippen LogP contribution in [0.2, 0.25) is 0 Å². The number of aromatic amines is 1. The van der Waals surface area contributed by atoms with Crippen molar-refractivity contribution in [2.45, 2.75) is 49.8 Å². The molecule has 6 nitrogen and oxygen atoms in total. The van der Waals surface area contributed by atoms with E-state index in [0.29, 0.717) is 17.6 Å². The lowest BCUT2D eigenvalue weighted by Crippen LogP contribution is -2.16. The third-order valence-corrected chi connectivity index (χ3v) is 4.46. The van der Waals surface area contributed by atoms with Crippen molar-refractivity contribution in [3.05, 3.63) is 5.69 Å². The van der Waals surface area contributed by atoms with E-state index in [4.69, 9.17) is 0 Å². The molecule has 114 valence electrons. The molecule has 2 aromatic heterocycles. The molecule has 1 aliphatic rings.